The van der Waals surface area contributed by atoms with Gasteiger partial charge in [-0.2, -0.15) is 8.78 Å². The van der Waals surface area contributed by atoms with Gasteiger partial charge in [-0.05, 0) is 35.9 Å². The highest BCUT2D eigenvalue weighted by atomic mass is 35.5. The van der Waals surface area contributed by atoms with Gasteiger partial charge in [0.1, 0.15) is 0 Å². The van der Waals surface area contributed by atoms with Gasteiger partial charge in [-0.25, -0.2) is 0 Å². The Bertz CT molecular complexity index is 707. The van der Waals surface area contributed by atoms with Crippen LogP contribution in [0.5, 0.6) is 11.5 Å². The Morgan fingerprint density at radius 3 is 2.42 bits per heavy atom. The highest BCUT2D eigenvalue weighted by molar-refractivity contribution is 6.30. The molecule has 0 atom stereocenters. The number of nitrogens with zero attached hydrogens (tertiary/aromatic N) is 1. The van der Waals surface area contributed by atoms with Gasteiger partial charge in [-0.3, -0.25) is 4.79 Å². The number of hydrogen-bond acceptors (Lipinski definition) is 3. The number of alkyl halides is 2. The lowest BCUT2D eigenvalue weighted by Crippen LogP contribution is -2.26. The summed E-state index contributed by atoms with van der Waals surface area (Å²) in [4.78, 5) is 13.9. The average molecular weight is 356 g/mol. The van der Waals surface area contributed by atoms with E-state index in [0.29, 0.717) is 11.6 Å². The molecule has 2 rings (SSSR count). The van der Waals surface area contributed by atoms with Crippen LogP contribution in [0.25, 0.3) is 0 Å². The number of rotatable bonds is 6. The van der Waals surface area contributed by atoms with Gasteiger partial charge in [0.05, 0.1) is 7.11 Å². The van der Waals surface area contributed by atoms with Gasteiger partial charge in [0, 0.05) is 24.2 Å². The highest BCUT2D eigenvalue weighted by Gasteiger charge is 2.17. The minimum atomic E-state index is -3.00. The second-order valence-corrected chi connectivity index (χ2v) is 5.47. The summed E-state index contributed by atoms with van der Waals surface area (Å²) in [7, 11) is 2.95. The van der Waals surface area contributed by atoms with E-state index in [1.807, 2.05) is 12.1 Å². The number of halogens is 3. The molecule has 2 aromatic rings. The summed E-state index contributed by atoms with van der Waals surface area (Å²) in [5, 5.41) is 0.608. The van der Waals surface area contributed by atoms with Crippen molar-refractivity contribution in [1.29, 1.82) is 0 Å². The van der Waals surface area contributed by atoms with Crippen molar-refractivity contribution in [3.63, 3.8) is 0 Å². The molecule has 0 N–H and O–H groups in total. The average Bonchev–Trinajstić information content (AvgIpc) is 2.55. The molecular weight excluding hydrogens is 340 g/mol. The Labute approximate surface area is 143 Å². The van der Waals surface area contributed by atoms with Crippen LogP contribution in [0.2, 0.25) is 5.02 Å². The minimum Gasteiger partial charge on any atom is -0.493 e. The number of hydrogen-bond donors (Lipinski definition) is 0. The first-order valence-corrected chi connectivity index (χ1v) is 7.41. The van der Waals surface area contributed by atoms with E-state index < -0.39 is 6.61 Å². The van der Waals surface area contributed by atoms with E-state index in [4.69, 9.17) is 16.3 Å². The van der Waals surface area contributed by atoms with Crippen LogP contribution in [0, 0.1) is 0 Å². The Morgan fingerprint density at radius 1 is 1.17 bits per heavy atom. The number of carbonyl (C=O) groups excluding carboxylic acids is 1. The summed E-state index contributed by atoms with van der Waals surface area (Å²) in [6.07, 6.45) is 0. The van der Waals surface area contributed by atoms with Crippen molar-refractivity contribution in [2.45, 2.75) is 13.2 Å². The maximum atomic E-state index is 12.5. The Morgan fingerprint density at radius 2 is 1.83 bits per heavy atom. The van der Waals surface area contributed by atoms with Crippen LogP contribution in [-0.2, 0) is 6.54 Å². The van der Waals surface area contributed by atoms with Crippen LogP contribution in [-0.4, -0.2) is 31.6 Å². The van der Waals surface area contributed by atoms with Crippen molar-refractivity contribution in [1.82, 2.24) is 4.90 Å². The molecule has 0 radical (unpaired) electrons. The molecule has 0 aliphatic rings. The van der Waals surface area contributed by atoms with Gasteiger partial charge in [0.25, 0.3) is 5.91 Å². The van der Waals surface area contributed by atoms with Crippen molar-refractivity contribution in [3.05, 3.63) is 58.6 Å². The first kappa shape index (κ1) is 18.0. The summed E-state index contributed by atoms with van der Waals surface area (Å²) in [6, 6.07) is 11.2. The van der Waals surface area contributed by atoms with Crippen molar-refractivity contribution in [2.75, 3.05) is 14.2 Å². The lowest BCUT2D eigenvalue weighted by molar-refractivity contribution is -0.0512. The fourth-order valence-corrected chi connectivity index (χ4v) is 2.28. The number of ether oxygens (including phenoxy) is 2. The molecule has 0 aliphatic carbocycles. The molecule has 0 aliphatic heterocycles. The SMILES string of the molecule is COc1ccc(C(=O)N(C)Cc2ccc(Cl)cc2)cc1OC(F)F. The summed E-state index contributed by atoms with van der Waals surface area (Å²) in [5.41, 5.74) is 1.12. The van der Waals surface area contributed by atoms with Gasteiger partial charge >= 0.3 is 6.61 Å². The molecule has 0 heterocycles. The molecule has 0 spiro atoms. The van der Waals surface area contributed by atoms with Crippen molar-refractivity contribution in [2.24, 2.45) is 0 Å². The number of methoxy groups -OCH3 is 1. The lowest BCUT2D eigenvalue weighted by atomic mass is 10.1. The number of amides is 1. The van der Waals surface area contributed by atoms with E-state index in [-0.39, 0.29) is 23.0 Å². The summed E-state index contributed by atoms with van der Waals surface area (Å²) >= 11 is 5.83. The van der Waals surface area contributed by atoms with Crippen molar-refractivity contribution < 1.29 is 23.0 Å². The number of benzene rings is 2. The molecule has 7 heteroatoms. The predicted octanol–water partition coefficient (Wildman–Crippen LogP) is 4.22. The number of carbonyl (C=O) groups is 1. The van der Waals surface area contributed by atoms with Crippen LogP contribution < -0.4 is 9.47 Å². The molecule has 2 aromatic carbocycles. The monoisotopic (exact) mass is 355 g/mol. The predicted molar refractivity (Wildman–Crippen MR) is 86.9 cm³/mol. The van der Waals surface area contributed by atoms with E-state index in [1.165, 1.54) is 30.2 Å². The smallest absolute Gasteiger partial charge is 0.387 e. The van der Waals surface area contributed by atoms with Crippen LogP contribution in [0.1, 0.15) is 15.9 Å². The van der Waals surface area contributed by atoms with Gasteiger partial charge in [-0.1, -0.05) is 23.7 Å². The van der Waals surface area contributed by atoms with E-state index >= 15 is 0 Å². The molecule has 0 aromatic heterocycles. The van der Waals surface area contributed by atoms with E-state index in [9.17, 15) is 13.6 Å². The largest absolute Gasteiger partial charge is 0.493 e. The van der Waals surface area contributed by atoms with Gasteiger partial charge in [-0.15, -0.1) is 0 Å². The Balaban J connectivity index is 2.17. The van der Waals surface area contributed by atoms with Crippen molar-refractivity contribution in [3.8, 4) is 11.5 Å². The molecular formula is C17H16ClF2NO3. The third-order valence-corrected chi connectivity index (χ3v) is 3.56. The Hall–Kier alpha value is -2.34. The summed E-state index contributed by atoms with van der Waals surface area (Å²) < 4.78 is 34.3. The van der Waals surface area contributed by atoms with E-state index in [0.717, 1.165) is 5.56 Å². The lowest BCUT2D eigenvalue weighted by Gasteiger charge is -2.18. The summed E-state index contributed by atoms with van der Waals surface area (Å²) in [6.45, 7) is -2.65. The normalized spacial score (nSPS) is 10.6. The molecule has 4 nitrogen and oxygen atoms in total. The minimum absolute atomic E-state index is 0.132. The zero-order valence-corrected chi connectivity index (χ0v) is 13.9. The molecule has 0 saturated heterocycles. The highest BCUT2D eigenvalue weighted by Crippen LogP contribution is 2.30. The first-order valence-electron chi connectivity index (χ1n) is 7.03. The van der Waals surface area contributed by atoms with Gasteiger partial charge in [0.15, 0.2) is 11.5 Å². The summed E-state index contributed by atoms with van der Waals surface area (Å²) in [5.74, 6) is -0.378. The second kappa shape index (κ2) is 7.97. The maximum absolute atomic E-state index is 12.5. The first-order chi connectivity index (χ1) is 11.4. The van der Waals surface area contributed by atoms with Crippen LogP contribution in [0.15, 0.2) is 42.5 Å². The molecule has 0 saturated carbocycles. The molecule has 0 unspecified atom stereocenters. The zero-order chi connectivity index (χ0) is 17.7. The van der Waals surface area contributed by atoms with Gasteiger partial charge in [0.2, 0.25) is 0 Å². The van der Waals surface area contributed by atoms with Crippen molar-refractivity contribution >= 4 is 17.5 Å². The molecule has 24 heavy (non-hydrogen) atoms. The third kappa shape index (κ3) is 4.58. The third-order valence-electron chi connectivity index (χ3n) is 3.31. The van der Waals surface area contributed by atoms with Gasteiger partial charge < -0.3 is 14.4 Å². The van der Waals surface area contributed by atoms with Crippen LogP contribution in [0.3, 0.4) is 0 Å². The second-order valence-electron chi connectivity index (χ2n) is 5.03. The fourth-order valence-electron chi connectivity index (χ4n) is 2.15. The zero-order valence-electron chi connectivity index (χ0n) is 13.1. The van der Waals surface area contributed by atoms with Crippen LogP contribution in [0.4, 0.5) is 8.78 Å². The molecule has 128 valence electrons. The molecule has 0 bridgehead atoms. The quantitative estimate of drug-likeness (QED) is 0.778. The standard InChI is InChI=1S/C17H16ClF2NO3/c1-21(10-11-3-6-13(18)7-4-11)16(22)12-5-8-14(23-2)15(9-12)24-17(19)20/h3-9,17H,10H2,1-2H3. The molecule has 1 amide bonds. The van der Waals surface area contributed by atoms with E-state index in [1.54, 1.807) is 19.2 Å². The molecule has 0 fully saturated rings. The van der Waals surface area contributed by atoms with E-state index in [2.05, 4.69) is 4.74 Å². The Kier molecular flexibility index (Phi) is 5.98. The fraction of sp³-hybridized carbons (Fsp3) is 0.235. The maximum Gasteiger partial charge on any atom is 0.387 e. The van der Waals surface area contributed by atoms with Crippen LogP contribution >= 0.6 is 11.6 Å². The topological polar surface area (TPSA) is 38.8 Å².